The van der Waals surface area contributed by atoms with Crippen LogP contribution in [0.15, 0.2) is 83.0 Å². The van der Waals surface area contributed by atoms with Gasteiger partial charge < -0.3 is 9.47 Å². The standard InChI is InChI=1S/C30H28FN5O4/c1-5-34-26(18-40-17-20-11-7-6-8-12-20)33-36(30(34)38)28-23(31)15-21-27(32-28)22(19(2)3)16-35(29(21)37)24-13-9-10-14-25(24)39-4/h6-16H,2,5,17-18H2,1,3-4H3. The Balaban J connectivity index is 1.61. The maximum absolute atomic E-state index is 15.6. The van der Waals surface area contributed by atoms with E-state index >= 15 is 4.39 Å². The zero-order chi connectivity index (χ0) is 28.4. The Morgan fingerprint density at radius 2 is 1.77 bits per heavy atom. The van der Waals surface area contributed by atoms with Gasteiger partial charge in [-0.2, -0.15) is 4.68 Å². The molecule has 0 saturated heterocycles. The van der Waals surface area contributed by atoms with E-state index in [4.69, 9.17) is 9.47 Å². The summed E-state index contributed by atoms with van der Waals surface area (Å²) >= 11 is 0. The molecular weight excluding hydrogens is 513 g/mol. The molecule has 0 N–H and O–H groups in total. The number of aromatic nitrogens is 5. The van der Waals surface area contributed by atoms with Gasteiger partial charge in [-0.05, 0) is 43.2 Å². The Labute approximate surface area is 229 Å². The molecule has 0 fully saturated rings. The second-order valence-electron chi connectivity index (χ2n) is 9.19. The predicted octanol–water partition coefficient (Wildman–Crippen LogP) is 4.65. The lowest BCUT2D eigenvalue weighted by Crippen LogP contribution is -2.26. The molecule has 0 aliphatic carbocycles. The van der Waals surface area contributed by atoms with Crippen LogP contribution in [0.4, 0.5) is 4.39 Å². The molecule has 9 nitrogen and oxygen atoms in total. The van der Waals surface area contributed by atoms with Crippen molar-refractivity contribution in [2.45, 2.75) is 33.6 Å². The highest BCUT2D eigenvalue weighted by atomic mass is 19.1. The third kappa shape index (κ3) is 4.85. The van der Waals surface area contributed by atoms with E-state index in [0.29, 0.717) is 41.5 Å². The molecular formula is C30H28FN5O4. The van der Waals surface area contributed by atoms with Crippen LogP contribution in [0.25, 0.3) is 28.0 Å². The molecule has 0 spiro atoms. The number of benzene rings is 2. The number of methoxy groups -OCH3 is 1. The molecule has 40 heavy (non-hydrogen) atoms. The fourth-order valence-corrected chi connectivity index (χ4v) is 4.53. The van der Waals surface area contributed by atoms with Gasteiger partial charge in [-0.1, -0.05) is 49.0 Å². The predicted molar refractivity (Wildman–Crippen MR) is 151 cm³/mol. The van der Waals surface area contributed by atoms with Gasteiger partial charge in [-0.3, -0.25) is 13.9 Å². The van der Waals surface area contributed by atoms with Crippen molar-refractivity contribution in [1.82, 2.24) is 23.9 Å². The van der Waals surface area contributed by atoms with E-state index in [1.54, 1.807) is 44.3 Å². The molecule has 2 aromatic carbocycles. The SMILES string of the molecule is C=C(C)c1cn(-c2ccccc2OC)c(=O)c2cc(F)c(-n3nc(COCc4ccccc4)n(CC)c3=O)nc12. The number of halogens is 1. The largest absolute Gasteiger partial charge is 0.495 e. The van der Waals surface area contributed by atoms with Crippen LogP contribution in [-0.2, 0) is 24.5 Å². The summed E-state index contributed by atoms with van der Waals surface area (Å²) in [6, 6.07) is 17.7. The average molecular weight is 542 g/mol. The normalized spacial score (nSPS) is 11.2. The number of hydrogen-bond donors (Lipinski definition) is 0. The van der Waals surface area contributed by atoms with Crippen LogP contribution in [-0.4, -0.2) is 31.0 Å². The molecule has 0 unspecified atom stereocenters. The van der Waals surface area contributed by atoms with Gasteiger partial charge in [0.2, 0.25) is 0 Å². The monoisotopic (exact) mass is 541 g/mol. The Hall–Kier alpha value is -4.83. The first-order valence-corrected chi connectivity index (χ1v) is 12.7. The number of para-hydroxylation sites is 2. The maximum atomic E-state index is 15.6. The summed E-state index contributed by atoms with van der Waals surface area (Å²) in [4.78, 5) is 31.2. The Bertz CT molecular complexity index is 1840. The third-order valence-electron chi connectivity index (χ3n) is 6.52. The van der Waals surface area contributed by atoms with E-state index in [2.05, 4.69) is 16.7 Å². The zero-order valence-electron chi connectivity index (χ0n) is 22.4. The average Bonchev–Trinajstić information content (AvgIpc) is 3.28. The fraction of sp³-hybridized carbons (Fsp3) is 0.200. The maximum Gasteiger partial charge on any atom is 0.352 e. The summed E-state index contributed by atoms with van der Waals surface area (Å²) in [5.74, 6) is -0.377. The van der Waals surface area contributed by atoms with Crippen LogP contribution >= 0.6 is 0 Å². The van der Waals surface area contributed by atoms with Gasteiger partial charge >= 0.3 is 5.69 Å². The number of pyridine rings is 2. The van der Waals surface area contributed by atoms with Crippen LogP contribution < -0.4 is 16.0 Å². The second-order valence-corrected chi connectivity index (χ2v) is 9.19. The molecule has 3 aromatic heterocycles. The van der Waals surface area contributed by atoms with Crippen molar-refractivity contribution < 1.29 is 13.9 Å². The number of ether oxygens (including phenoxy) is 2. The van der Waals surface area contributed by atoms with Gasteiger partial charge in [0, 0.05) is 18.3 Å². The summed E-state index contributed by atoms with van der Waals surface area (Å²) in [6.07, 6.45) is 1.59. The molecule has 0 radical (unpaired) electrons. The first-order chi connectivity index (χ1) is 19.3. The van der Waals surface area contributed by atoms with Crippen LogP contribution in [0.2, 0.25) is 0 Å². The highest BCUT2D eigenvalue weighted by Gasteiger charge is 2.22. The van der Waals surface area contributed by atoms with Gasteiger partial charge in [0.25, 0.3) is 5.56 Å². The van der Waals surface area contributed by atoms with Gasteiger partial charge in [-0.15, -0.1) is 5.10 Å². The van der Waals surface area contributed by atoms with Crippen molar-refractivity contribution in [3.05, 3.63) is 117 Å². The van der Waals surface area contributed by atoms with Crippen LogP contribution in [0.5, 0.6) is 5.75 Å². The first-order valence-electron chi connectivity index (χ1n) is 12.7. The molecule has 204 valence electrons. The van der Waals surface area contributed by atoms with Crippen LogP contribution in [0.1, 0.15) is 30.8 Å². The molecule has 3 heterocycles. The molecule has 0 bridgehead atoms. The van der Waals surface area contributed by atoms with Gasteiger partial charge in [0.1, 0.15) is 12.4 Å². The minimum Gasteiger partial charge on any atom is -0.495 e. The molecule has 5 rings (SSSR count). The van der Waals surface area contributed by atoms with Crippen molar-refractivity contribution in [2.24, 2.45) is 0 Å². The second kappa shape index (κ2) is 11.1. The van der Waals surface area contributed by atoms with Crippen molar-refractivity contribution in [2.75, 3.05) is 7.11 Å². The van der Waals surface area contributed by atoms with Gasteiger partial charge in [0.15, 0.2) is 17.5 Å². The number of allylic oxidation sites excluding steroid dienone is 1. The molecule has 0 aliphatic rings. The summed E-state index contributed by atoms with van der Waals surface area (Å²) < 4.78 is 30.5. The Kier molecular flexibility index (Phi) is 7.43. The molecule has 0 atom stereocenters. The lowest BCUT2D eigenvalue weighted by molar-refractivity contribution is 0.0989. The summed E-state index contributed by atoms with van der Waals surface area (Å²) in [7, 11) is 1.51. The number of nitrogens with zero attached hydrogens (tertiary/aromatic N) is 5. The zero-order valence-corrected chi connectivity index (χ0v) is 22.4. The Morgan fingerprint density at radius 3 is 2.48 bits per heavy atom. The van der Waals surface area contributed by atoms with E-state index in [-0.39, 0.29) is 23.3 Å². The lowest BCUT2D eigenvalue weighted by Gasteiger charge is -2.15. The van der Waals surface area contributed by atoms with E-state index < -0.39 is 17.1 Å². The van der Waals surface area contributed by atoms with E-state index in [0.717, 1.165) is 16.3 Å². The Morgan fingerprint density at radius 1 is 1.05 bits per heavy atom. The van der Waals surface area contributed by atoms with Crippen LogP contribution in [0, 0.1) is 5.82 Å². The minimum absolute atomic E-state index is 0.0297. The van der Waals surface area contributed by atoms with Crippen molar-refractivity contribution in [1.29, 1.82) is 0 Å². The quantitative estimate of drug-likeness (QED) is 0.270. The molecule has 5 aromatic rings. The number of fused-ring (bicyclic) bond motifs is 1. The van der Waals surface area contributed by atoms with Crippen molar-refractivity contribution in [3.8, 4) is 17.3 Å². The summed E-state index contributed by atoms with van der Waals surface area (Å²) in [5.41, 5.74) is 1.72. The number of rotatable bonds is 9. The number of hydrogen-bond acceptors (Lipinski definition) is 6. The summed E-state index contributed by atoms with van der Waals surface area (Å²) in [6.45, 7) is 8.25. The molecule has 0 amide bonds. The lowest BCUT2D eigenvalue weighted by atomic mass is 10.1. The highest BCUT2D eigenvalue weighted by Crippen LogP contribution is 2.27. The summed E-state index contributed by atoms with van der Waals surface area (Å²) in [5, 5.41) is 4.38. The first kappa shape index (κ1) is 26.8. The topological polar surface area (TPSA) is 93.2 Å². The van der Waals surface area contributed by atoms with E-state index in [9.17, 15) is 9.59 Å². The van der Waals surface area contributed by atoms with Gasteiger partial charge in [-0.25, -0.2) is 14.2 Å². The molecule has 0 saturated carbocycles. The molecule has 10 heteroatoms. The minimum atomic E-state index is -0.866. The van der Waals surface area contributed by atoms with Crippen molar-refractivity contribution in [3.63, 3.8) is 0 Å². The highest BCUT2D eigenvalue weighted by molar-refractivity contribution is 5.90. The van der Waals surface area contributed by atoms with E-state index in [1.165, 1.54) is 16.2 Å². The third-order valence-corrected chi connectivity index (χ3v) is 6.52. The van der Waals surface area contributed by atoms with Crippen LogP contribution in [0.3, 0.4) is 0 Å². The molecule has 0 aliphatic heterocycles. The van der Waals surface area contributed by atoms with Crippen molar-refractivity contribution >= 4 is 16.5 Å². The fourth-order valence-electron chi connectivity index (χ4n) is 4.53. The smallest absolute Gasteiger partial charge is 0.352 e. The van der Waals surface area contributed by atoms with Gasteiger partial charge in [0.05, 0.1) is 30.3 Å². The van der Waals surface area contributed by atoms with E-state index in [1.807, 2.05) is 30.3 Å².